The van der Waals surface area contributed by atoms with Gasteiger partial charge < -0.3 is 0 Å². The Bertz CT molecular complexity index is 513. The van der Waals surface area contributed by atoms with E-state index in [9.17, 15) is 9.59 Å². The molecule has 0 aliphatic heterocycles. The van der Waals surface area contributed by atoms with Crippen molar-refractivity contribution in [2.75, 3.05) is 0 Å². The summed E-state index contributed by atoms with van der Waals surface area (Å²) in [5, 5.41) is 5.45. The topological polar surface area (TPSA) is 76.0 Å². The molecule has 0 aliphatic rings. The van der Waals surface area contributed by atoms with Crippen molar-refractivity contribution in [2.45, 2.75) is 6.42 Å². The van der Waals surface area contributed by atoms with Gasteiger partial charge in [-0.15, -0.1) is 0 Å². The van der Waals surface area contributed by atoms with Gasteiger partial charge in [-0.05, 0) is 0 Å². The Morgan fingerprint density at radius 1 is 1.33 bits per heavy atom. The number of benzene rings is 1. The van der Waals surface area contributed by atoms with E-state index in [1.165, 1.54) is 0 Å². The van der Waals surface area contributed by atoms with Gasteiger partial charge in [-0.25, -0.2) is 0 Å². The molecule has 0 unspecified atom stereocenters. The molecule has 0 bridgehead atoms. The summed E-state index contributed by atoms with van der Waals surface area (Å²) >= 11 is 0. The number of ketones is 1. The molecule has 0 radical (unpaired) electrons. The first-order valence-corrected chi connectivity index (χ1v) is 4.39. The van der Waals surface area contributed by atoms with Gasteiger partial charge in [0.1, 0.15) is 0 Å². The number of hydrogen-bond donors (Lipinski definition) is 1. The molecule has 1 N–H and O–H groups in total. The van der Waals surface area contributed by atoms with Gasteiger partial charge in [-0.3, -0.25) is 14.2 Å². The van der Waals surface area contributed by atoms with Crippen LogP contribution in [0.3, 0.4) is 0 Å². The molecule has 15 heavy (non-hydrogen) atoms. The van der Waals surface area contributed by atoms with E-state index in [1.54, 1.807) is 24.3 Å². The van der Waals surface area contributed by atoms with Crippen molar-refractivity contribution in [3.8, 4) is 0 Å². The van der Waals surface area contributed by atoms with Crippen molar-refractivity contribution in [1.29, 1.82) is 0 Å². The lowest BCUT2D eigenvalue weighted by molar-refractivity contribution is 0.0990. The molecule has 0 fully saturated rings. The molecule has 0 spiro atoms. The lowest BCUT2D eigenvalue weighted by Gasteiger charge is -1.95. The lowest BCUT2D eigenvalue weighted by atomic mass is 10.1. The predicted octanol–water partition coefficient (Wildman–Crippen LogP) is 0.788. The second-order valence-corrected chi connectivity index (χ2v) is 3.03. The number of H-pyrrole nitrogens is 1. The minimum absolute atomic E-state index is 0.0458. The molecule has 2 aromatic rings. The monoisotopic (exact) mass is 204 g/mol. The highest BCUT2D eigenvalue weighted by Crippen LogP contribution is 2.02. The second kappa shape index (κ2) is 3.91. The van der Waals surface area contributed by atoms with Crippen LogP contribution < -0.4 is 5.56 Å². The first-order chi connectivity index (χ1) is 7.27. The maximum atomic E-state index is 11.6. The highest BCUT2D eigenvalue weighted by Gasteiger charge is 2.11. The zero-order valence-corrected chi connectivity index (χ0v) is 7.77. The Morgan fingerprint density at radius 3 is 2.67 bits per heavy atom. The van der Waals surface area contributed by atoms with Gasteiger partial charge in [0.25, 0.3) is 0 Å². The van der Waals surface area contributed by atoms with Crippen molar-refractivity contribution in [3.05, 3.63) is 51.9 Å². The van der Waals surface area contributed by atoms with Gasteiger partial charge in [-0.1, -0.05) is 35.5 Å². The fourth-order valence-electron chi connectivity index (χ4n) is 1.21. The molecule has 0 atom stereocenters. The molecular weight excluding hydrogens is 196 g/mol. The molecule has 2 rings (SSSR count). The van der Waals surface area contributed by atoms with E-state index >= 15 is 0 Å². The number of aromatic amines is 1. The van der Waals surface area contributed by atoms with Crippen LogP contribution in [0.5, 0.6) is 0 Å². The molecule has 1 aromatic carbocycles. The Labute approximate surface area is 84.7 Å². The van der Waals surface area contributed by atoms with E-state index in [1.807, 2.05) is 11.2 Å². The van der Waals surface area contributed by atoms with Crippen molar-refractivity contribution >= 4 is 5.78 Å². The summed E-state index contributed by atoms with van der Waals surface area (Å²) in [6.45, 7) is 0. The molecule has 0 saturated carbocycles. The van der Waals surface area contributed by atoms with Gasteiger partial charge in [0, 0.05) is 5.56 Å². The van der Waals surface area contributed by atoms with Gasteiger partial charge in [0.05, 0.1) is 6.42 Å². The predicted molar refractivity (Wildman–Crippen MR) is 51.6 cm³/mol. The van der Waals surface area contributed by atoms with Gasteiger partial charge in [0.2, 0.25) is 0 Å². The highest BCUT2D eigenvalue weighted by atomic mass is 16.6. The van der Waals surface area contributed by atoms with Crippen LogP contribution in [0.25, 0.3) is 0 Å². The van der Waals surface area contributed by atoms with Gasteiger partial charge in [-0.2, -0.15) is 5.16 Å². The van der Waals surface area contributed by atoms with E-state index in [0.717, 1.165) is 0 Å². The summed E-state index contributed by atoms with van der Waals surface area (Å²) in [5.41, 5.74) is 0.197. The maximum absolute atomic E-state index is 11.6. The minimum Gasteiger partial charge on any atom is -0.294 e. The van der Waals surface area contributed by atoms with Crippen molar-refractivity contribution in [3.63, 3.8) is 0 Å². The number of aromatic nitrogens is 2. The molecule has 1 heterocycles. The average molecular weight is 204 g/mol. The van der Waals surface area contributed by atoms with Gasteiger partial charge >= 0.3 is 5.56 Å². The second-order valence-electron chi connectivity index (χ2n) is 3.03. The third kappa shape index (κ3) is 2.01. The Morgan fingerprint density at radius 2 is 2.07 bits per heavy atom. The third-order valence-corrected chi connectivity index (χ3v) is 1.98. The fraction of sp³-hybridized carbons (Fsp3) is 0.100. The van der Waals surface area contributed by atoms with Crippen LogP contribution in [0.2, 0.25) is 0 Å². The van der Waals surface area contributed by atoms with Crippen molar-refractivity contribution < 1.29 is 9.42 Å². The third-order valence-electron chi connectivity index (χ3n) is 1.98. The van der Waals surface area contributed by atoms with E-state index in [4.69, 9.17) is 0 Å². The minimum atomic E-state index is -0.459. The van der Waals surface area contributed by atoms with Crippen molar-refractivity contribution in [2.24, 2.45) is 0 Å². The molecule has 5 nitrogen and oxygen atoms in total. The molecule has 76 valence electrons. The first-order valence-electron chi connectivity index (χ1n) is 4.39. The maximum Gasteiger partial charge on any atom is 0.304 e. The smallest absolute Gasteiger partial charge is 0.294 e. The normalized spacial score (nSPS) is 10.1. The van der Waals surface area contributed by atoms with Gasteiger partial charge in [0.15, 0.2) is 11.5 Å². The van der Waals surface area contributed by atoms with E-state index < -0.39 is 5.56 Å². The number of nitrogens with one attached hydrogen (secondary N) is 1. The number of carbonyl (C=O) groups excluding carboxylic acids is 1. The molecule has 0 amide bonds. The molecule has 5 heteroatoms. The number of rotatable bonds is 3. The largest absolute Gasteiger partial charge is 0.304 e. The van der Waals surface area contributed by atoms with Crippen LogP contribution in [0.15, 0.2) is 39.8 Å². The summed E-state index contributed by atoms with van der Waals surface area (Å²) in [6.07, 6.45) is -0.0458. The number of Topliss-reactive ketones (excluding diaryl/α,β-unsaturated/α-hetero) is 1. The molecular formula is C10H8N2O3. The molecule has 1 aromatic heterocycles. The van der Waals surface area contributed by atoms with E-state index in [2.05, 4.69) is 9.79 Å². The highest BCUT2D eigenvalue weighted by molar-refractivity contribution is 5.97. The molecule has 0 aliphatic carbocycles. The molecule has 0 saturated heterocycles. The van der Waals surface area contributed by atoms with Crippen LogP contribution in [0.1, 0.15) is 16.1 Å². The zero-order chi connectivity index (χ0) is 10.7. The lowest BCUT2D eigenvalue weighted by Crippen LogP contribution is -2.12. The summed E-state index contributed by atoms with van der Waals surface area (Å²) in [6, 6.07) is 8.73. The average Bonchev–Trinajstić information content (AvgIpc) is 2.66. The van der Waals surface area contributed by atoms with Crippen molar-refractivity contribution in [1.82, 2.24) is 10.3 Å². The zero-order valence-electron chi connectivity index (χ0n) is 7.77. The van der Waals surface area contributed by atoms with Crippen LogP contribution in [-0.4, -0.2) is 16.1 Å². The number of hydrogen-bond acceptors (Lipinski definition) is 4. The van der Waals surface area contributed by atoms with Crippen LogP contribution in [0.4, 0.5) is 0 Å². The quantitative estimate of drug-likeness (QED) is 0.750. The Balaban J connectivity index is 2.18. The standard InChI is InChI=1S/C10H8N2O3/c13-9(7-4-2-1-3-5-7)6-8-10(14)12-15-11-8/h1-5H,6H2,(H,12,14). The van der Waals surface area contributed by atoms with Crippen LogP contribution in [-0.2, 0) is 6.42 Å². The summed E-state index contributed by atoms with van der Waals surface area (Å²) in [5.74, 6) is -0.157. The van der Waals surface area contributed by atoms with Crippen LogP contribution in [0, 0.1) is 0 Å². The number of nitrogens with zero attached hydrogens (tertiary/aromatic N) is 1. The first kappa shape index (κ1) is 9.39. The Kier molecular flexibility index (Phi) is 2.45. The van der Waals surface area contributed by atoms with Crippen LogP contribution >= 0.6 is 0 Å². The summed E-state index contributed by atoms with van der Waals surface area (Å²) in [4.78, 5) is 22.7. The summed E-state index contributed by atoms with van der Waals surface area (Å²) < 4.78 is 4.34. The summed E-state index contributed by atoms with van der Waals surface area (Å²) in [7, 11) is 0. The number of carbonyl (C=O) groups is 1. The fourth-order valence-corrected chi connectivity index (χ4v) is 1.21. The van der Waals surface area contributed by atoms with E-state index in [-0.39, 0.29) is 17.9 Å². The SMILES string of the molecule is O=C(Cc1no[nH]c1=O)c1ccccc1. The van der Waals surface area contributed by atoms with E-state index in [0.29, 0.717) is 5.56 Å². The Hall–Kier alpha value is -2.17.